The number of hydrogen-bond donors (Lipinski definition) is 1. The molecule has 1 aliphatic rings. The molecule has 0 aliphatic heterocycles. The minimum absolute atomic E-state index is 0.121. The third kappa shape index (κ3) is 3.69. The SMILES string of the molecule is CC(C)=CCC1=C(O)C(=O)C(C)(CC=C(C)C)CC1=O. The molecule has 0 aromatic heterocycles. The number of ketones is 2. The molecule has 1 atom stereocenters. The lowest BCUT2D eigenvalue weighted by molar-refractivity contribution is -0.133. The molecule has 1 unspecified atom stereocenters. The number of allylic oxidation sites excluding steroid dienone is 6. The average Bonchev–Trinajstić information content (AvgIpc) is 2.33. The van der Waals surface area contributed by atoms with Crippen molar-refractivity contribution in [2.24, 2.45) is 5.41 Å². The van der Waals surface area contributed by atoms with Gasteiger partial charge in [0.15, 0.2) is 11.5 Å². The minimum atomic E-state index is -0.813. The van der Waals surface area contributed by atoms with Crippen LogP contribution in [0.4, 0.5) is 0 Å². The molecule has 0 radical (unpaired) electrons. The van der Waals surface area contributed by atoms with E-state index in [2.05, 4.69) is 0 Å². The van der Waals surface area contributed by atoms with Crippen LogP contribution in [0.3, 0.4) is 0 Å². The first-order chi connectivity index (χ1) is 9.17. The Balaban J connectivity index is 3.08. The van der Waals surface area contributed by atoms with Crippen LogP contribution in [0.25, 0.3) is 0 Å². The van der Waals surface area contributed by atoms with Gasteiger partial charge in [0.2, 0.25) is 5.78 Å². The van der Waals surface area contributed by atoms with Gasteiger partial charge < -0.3 is 5.11 Å². The van der Waals surface area contributed by atoms with E-state index in [0.29, 0.717) is 12.8 Å². The van der Waals surface area contributed by atoms with E-state index in [-0.39, 0.29) is 29.3 Å². The standard InChI is InChI=1S/C17H24O3/c1-11(2)6-7-13-14(18)10-17(5,9-8-12(3)4)16(20)15(13)19/h6,8,19H,7,9-10H2,1-5H3. The van der Waals surface area contributed by atoms with Crippen LogP contribution in [-0.4, -0.2) is 16.7 Å². The Morgan fingerprint density at radius 3 is 2.20 bits per heavy atom. The van der Waals surface area contributed by atoms with Crippen molar-refractivity contribution in [1.29, 1.82) is 0 Å². The predicted octanol–water partition coefficient (Wildman–Crippen LogP) is 4.06. The number of aliphatic hydroxyl groups is 1. The molecule has 0 saturated heterocycles. The molecule has 1 rings (SSSR count). The molecule has 0 heterocycles. The zero-order valence-electron chi connectivity index (χ0n) is 13.0. The van der Waals surface area contributed by atoms with Gasteiger partial charge in [0.05, 0.1) is 0 Å². The van der Waals surface area contributed by atoms with E-state index >= 15 is 0 Å². The van der Waals surface area contributed by atoms with Crippen molar-refractivity contribution in [1.82, 2.24) is 0 Å². The number of Topliss-reactive ketones (excluding diaryl/α,β-unsaturated/α-hetero) is 2. The first-order valence-corrected chi connectivity index (χ1v) is 6.94. The largest absolute Gasteiger partial charge is 0.504 e. The van der Waals surface area contributed by atoms with E-state index in [1.165, 1.54) is 0 Å². The fourth-order valence-electron chi connectivity index (χ4n) is 2.21. The molecule has 0 spiro atoms. The summed E-state index contributed by atoms with van der Waals surface area (Å²) < 4.78 is 0. The van der Waals surface area contributed by atoms with Crippen molar-refractivity contribution < 1.29 is 14.7 Å². The van der Waals surface area contributed by atoms with Gasteiger partial charge in [0.1, 0.15) is 0 Å². The highest BCUT2D eigenvalue weighted by molar-refractivity contribution is 6.13. The Morgan fingerprint density at radius 1 is 1.15 bits per heavy atom. The van der Waals surface area contributed by atoms with E-state index in [0.717, 1.165) is 11.1 Å². The molecule has 0 fully saturated rings. The molecule has 110 valence electrons. The van der Waals surface area contributed by atoms with E-state index < -0.39 is 5.41 Å². The lowest BCUT2D eigenvalue weighted by Crippen LogP contribution is -2.37. The number of rotatable bonds is 4. The van der Waals surface area contributed by atoms with Gasteiger partial charge in [-0.1, -0.05) is 30.2 Å². The minimum Gasteiger partial charge on any atom is -0.504 e. The quantitative estimate of drug-likeness (QED) is 0.788. The van der Waals surface area contributed by atoms with Crippen LogP contribution in [0.2, 0.25) is 0 Å². The third-order valence-electron chi connectivity index (χ3n) is 3.61. The fourth-order valence-corrected chi connectivity index (χ4v) is 2.21. The summed E-state index contributed by atoms with van der Waals surface area (Å²) in [5.41, 5.74) is 1.60. The first kappa shape index (κ1) is 16.4. The van der Waals surface area contributed by atoms with Gasteiger partial charge in [-0.25, -0.2) is 0 Å². The maximum atomic E-state index is 12.4. The van der Waals surface area contributed by atoms with Crippen molar-refractivity contribution in [2.45, 2.75) is 53.9 Å². The zero-order valence-corrected chi connectivity index (χ0v) is 13.0. The molecule has 20 heavy (non-hydrogen) atoms. The Labute approximate surface area is 121 Å². The maximum absolute atomic E-state index is 12.4. The zero-order chi connectivity index (χ0) is 15.5. The summed E-state index contributed by atoms with van der Waals surface area (Å²) in [6.07, 6.45) is 4.79. The highest BCUT2D eigenvalue weighted by Crippen LogP contribution is 2.38. The van der Waals surface area contributed by atoms with Crippen molar-refractivity contribution in [2.75, 3.05) is 0 Å². The van der Waals surface area contributed by atoms with Gasteiger partial charge in [0, 0.05) is 17.4 Å². The second-order valence-electron chi connectivity index (χ2n) is 6.29. The second-order valence-corrected chi connectivity index (χ2v) is 6.29. The highest BCUT2D eigenvalue weighted by atomic mass is 16.3. The van der Waals surface area contributed by atoms with E-state index in [1.54, 1.807) is 6.92 Å². The van der Waals surface area contributed by atoms with Gasteiger partial charge in [-0.15, -0.1) is 0 Å². The van der Waals surface area contributed by atoms with Crippen LogP contribution in [-0.2, 0) is 9.59 Å². The normalized spacial score (nSPS) is 22.9. The van der Waals surface area contributed by atoms with Crippen LogP contribution < -0.4 is 0 Å². The molecule has 1 N–H and O–H groups in total. The molecule has 0 bridgehead atoms. The summed E-state index contributed by atoms with van der Waals surface area (Å²) in [7, 11) is 0. The summed E-state index contributed by atoms with van der Waals surface area (Å²) in [5, 5.41) is 10.1. The lowest BCUT2D eigenvalue weighted by Gasteiger charge is -2.31. The Morgan fingerprint density at radius 2 is 1.70 bits per heavy atom. The highest BCUT2D eigenvalue weighted by Gasteiger charge is 2.43. The lowest BCUT2D eigenvalue weighted by atomic mass is 9.71. The summed E-state index contributed by atoms with van der Waals surface area (Å²) in [5.74, 6) is -0.778. The average molecular weight is 276 g/mol. The van der Waals surface area contributed by atoms with Crippen molar-refractivity contribution in [3.8, 4) is 0 Å². The second kappa shape index (κ2) is 6.21. The molecule has 1 aliphatic carbocycles. The smallest absolute Gasteiger partial charge is 0.204 e. The molecule has 3 heteroatoms. The van der Waals surface area contributed by atoms with Crippen LogP contribution in [0.5, 0.6) is 0 Å². The van der Waals surface area contributed by atoms with Crippen molar-refractivity contribution in [3.05, 3.63) is 34.6 Å². The molecule has 0 aromatic carbocycles. The topological polar surface area (TPSA) is 54.4 Å². The van der Waals surface area contributed by atoms with Gasteiger partial charge in [-0.05, 0) is 40.5 Å². The van der Waals surface area contributed by atoms with Gasteiger partial charge in [0.25, 0.3) is 0 Å². The van der Waals surface area contributed by atoms with Gasteiger partial charge in [-0.2, -0.15) is 0 Å². The van der Waals surface area contributed by atoms with Crippen molar-refractivity contribution in [3.63, 3.8) is 0 Å². The summed E-state index contributed by atoms with van der Waals surface area (Å²) in [6.45, 7) is 9.50. The fraction of sp³-hybridized carbons (Fsp3) is 0.529. The Bertz CT molecular complexity index is 512. The molecule has 0 saturated carbocycles. The van der Waals surface area contributed by atoms with E-state index in [4.69, 9.17) is 0 Å². The van der Waals surface area contributed by atoms with E-state index in [1.807, 2.05) is 39.8 Å². The van der Waals surface area contributed by atoms with Crippen molar-refractivity contribution >= 4 is 11.6 Å². The number of carbonyl (C=O) groups is 2. The van der Waals surface area contributed by atoms with Crippen LogP contribution in [0.1, 0.15) is 53.9 Å². The molecule has 3 nitrogen and oxygen atoms in total. The molecule has 0 amide bonds. The molecular weight excluding hydrogens is 252 g/mol. The number of aliphatic hydroxyl groups excluding tert-OH is 1. The van der Waals surface area contributed by atoms with Crippen LogP contribution in [0, 0.1) is 5.41 Å². The monoisotopic (exact) mass is 276 g/mol. The first-order valence-electron chi connectivity index (χ1n) is 6.94. The summed E-state index contributed by atoms with van der Waals surface area (Å²) in [6, 6.07) is 0. The molecular formula is C17H24O3. The van der Waals surface area contributed by atoms with Crippen LogP contribution >= 0.6 is 0 Å². The number of carbonyl (C=O) groups excluding carboxylic acids is 2. The van der Waals surface area contributed by atoms with E-state index in [9.17, 15) is 14.7 Å². The Hall–Kier alpha value is -1.64. The predicted molar refractivity (Wildman–Crippen MR) is 80.5 cm³/mol. The van der Waals surface area contributed by atoms with Gasteiger partial charge in [-0.3, -0.25) is 9.59 Å². The molecule has 0 aromatic rings. The van der Waals surface area contributed by atoms with Gasteiger partial charge >= 0.3 is 0 Å². The summed E-state index contributed by atoms with van der Waals surface area (Å²) >= 11 is 0. The van der Waals surface area contributed by atoms with Crippen LogP contribution in [0.15, 0.2) is 34.6 Å². The Kier molecular flexibility index (Phi) is 5.09. The summed E-state index contributed by atoms with van der Waals surface area (Å²) in [4.78, 5) is 24.6. The maximum Gasteiger partial charge on any atom is 0.204 e. The number of hydrogen-bond acceptors (Lipinski definition) is 3. The third-order valence-corrected chi connectivity index (χ3v) is 3.61.